The van der Waals surface area contributed by atoms with Gasteiger partial charge in [-0.3, -0.25) is 4.79 Å². The lowest BCUT2D eigenvalue weighted by molar-refractivity contribution is -0.143. The third-order valence-electron chi connectivity index (χ3n) is 2.01. The van der Waals surface area contributed by atoms with Gasteiger partial charge in [-0.05, 0) is 0 Å². The number of carbonyl (C=O) groups excluding carboxylic acids is 2. The first-order valence-electron chi connectivity index (χ1n) is 4.74. The van der Waals surface area contributed by atoms with Gasteiger partial charge in [0.15, 0.2) is 6.04 Å². The Hall–Kier alpha value is -1.60. The highest BCUT2D eigenvalue weighted by molar-refractivity contribution is 7.12. The van der Waals surface area contributed by atoms with Gasteiger partial charge in [-0.25, -0.2) is 4.79 Å². The lowest BCUT2D eigenvalue weighted by atomic mass is 10.3. The molecule has 0 aromatic carbocycles. The monoisotopic (exact) mass is 259 g/mol. The molecule has 7 heteroatoms. The topological polar surface area (TPSA) is 84.9 Å². The quantitative estimate of drug-likeness (QED) is 0.728. The number of ether oxygens (including phenoxy) is 2. The summed E-state index contributed by atoms with van der Waals surface area (Å²) in [5.41, 5.74) is 0. The summed E-state index contributed by atoms with van der Waals surface area (Å²) in [6, 6.07) is 0.492. The van der Waals surface area contributed by atoms with E-state index in [-0.39, 0.29) is 0 Å². The van der Waals surface area contributed by atoms with Crippen molar-refractivity contribution < 1.29 is 24.2 Å². The predicted octanol–water partition coefficient (Wildman–Crippen LogP) is 0.0204. The van der Waals surface area contributed by atoms with Crippen LogP contribution in [0.15, 0.2) is 11.4 Å². The van der Waals surface area contributed by atoms with Crippen molar-refractivity contribution in [1.29, 1.82) is 0 Å². The summed E-state index contributed by atoms with van der Waals surface area (Å²) in [7, 11) is 2.68. The minimum Gasteiger partial charge on any atom is -0.496 e. The molecule has 2 N–H and O–H groups in total. The van der Waals surface area contributed by atoms with E-state index in [0.717, 1.165) is 0 Å². The van der Waals surface area contributed by atoms with Crippen LogP contribution in [-0.2, 0) is 9.53 Å². The highest BCUT2D eigenvalue weighted by Crippen LogP contribution is 2.20. The molecule has 0 fully saturated rings. The van der Waals surface area contributed by atoms with E-state index < -0.39 is 24.5 Å². The summed E-state index contributed by atoms with van der Waals surface area (Å²) in [5.74, 6) is -0.578. The molecule has 1 aromatic heterocycles. The molecule has 0 aliphatic heterocycles. The normalized spacial score (nSPS) is 11.7. The smallest absolute Gasteiger partial charge is 0.330 e. The van der Waals surface area contributed by atoms with Crippen molar-refractivity contribution in [3.63, 3.8) is 0 Å². The Morgan fingerprint density at radius 2 is 2.24 bits per heavy atom. The maximum Gasteiger partial charge on any atom is 0.330 e. The van der Waals surface area contributed by atoms with Crippen LogP contribution in [0.25, 0.3) is 0 Å². The number of hydrogen-bond acceptors (Lipinski definition) is 6. The fourth-order valence-corrected chi connectivity index (χ4v) is 1.85. The zero-order chi connectivity index (χ0) is 12.8. The Morgan fingerprint density at radius 3 is 2.71 bits per heavy atom. The van der Waals surface area contributed by atoms with Crippen LogP contribution in [-0.4, -0.2) is 43.9 Å². The number of thiophene rings is 1. The molecule has 6 nitrogen and oxygen atoms in total. The van der Waals surface area contributed by atoms with Crippen LogP contribution in [0.1, 0.15) is 9.67 Å². The van der Waals surface area contributed by atoms with Crippen molar-refractivity contribution in [2.24, 2.45) is 0 Å². The first kappa shape index (κ1) is 13.5. The standard InChI is InChI=1S/C10H13NO5S/c1-15-6-3-8(17-5-6)9(13)11-7(4-12)10(14)16-2/h3,5,7,12H,4H2,1-2H3,(H,11,13). The second-order valence-corrected chi connectivity index (χ2v) is 3.99. The molecule has 1 unspecified atom stereocenters. The summed E-state index contributed by atoms with van der Waals surface area (Å²) in [6.45, 7) is -0.513. The van der Waals surface area contributed by atoms with Crippen LogP contribution in [0.2, 0.25) is 0 Å². The number of carbonyl (C=O) groups is 2. The van der Waals surface area contributed by atoms with Crippen molar-refractivity contribution in [3.8, 4) is 5.75 Å². The second-order valence-electron chi connectivity index (χ2n) is 3.08. The van der Waals surface area contributed by atoms with E-state index >= 15 is 0 Å². The molecule has 0 saturated heterocycles. The maximum absolute atomic E-state index is 11.7. The molecule has 1 amide bonds. The fourth-order valence-electron chi connectivity index (χ4n) is 1.10. The van der Waals surface area contributed by atoms with Gasteiger partial charge in [-0.2, -0.15) is 0 Å². The minimum absolute atomic E-state index is 0.393. The number of methoxy groups -OCH3 is 2. The zero-order valence-electron chi connectivity index (χ0n) is 9.43. The van der Waals surface area contributed by atoms with Crippen molar-refractivity contribution >= 4 is 23.2 Å². The van der Waals surface area contributed by atoms with Gasteiger partial charge in [-0.15, -0.1) is 11.3 Å². The summed E-state index contributed by atoms with van der Waals surface area (Å²) in [4.78, 5) is 23.2. The predicted molar refractivity (Wildman–Crippen MR) is 61.2 cm³/mol. The maximum atomic E-state index is 11.7. The largest absolute Gasteiger partial charge is 0.496 e. The molecule has 1 heterocycles. The second kappa shape index (κ2) is 6.21. The van der Waals surface area contributed by atoms with Gasteiger partial charge in [0.2, 0.25) is 0 Å². The average Bonchev–Trinajstić information content (AvgIpc) is 2.83. The van der Waals surface area contributed by atoms with Crippen LogP contribution in [0.5, 0.6) is 5.75 Å². The number of esters is 1. The molecule has 1 rings (SSSR count). The summed E-state index contributed by atoms with van der Waals surface area (Å²) < 4.78 is 9.37. The van der Waals surface area contributed by atoms with Gasteiger partial charge < -0.3 is 19.9 Å². The molecule has 0 bridgehead atoms. The van der Waals surface area contributed by atoms with Crippen LogP contribution in [0, 0.1) is 0 Å². The third-order valence-corrected chi connectivity index (χ3v) is 2.92. The van der Waals surface area contributed by atoms with Gasteiger partial charge in [0.1, 0.15) is 5.75 Å². The number of amides is 1. The van der Waals surface area contributed by atoms with Gasteiger partial charge in [0, 0.05) is 11.4 Å². The van der Waals surface area contributed by atoms with Crippen molar-refractivity contribution in [3.05, 3.63) is 16.3 Å². The van der Waals surface area contributed by atoms with Crippen LogP contribution < -0.4 is 10.1 Å². The Morgan fingerprint density at radius 1 is 1.53 bits per heavy atom. The van der Waals surface area contributed by atoms with E-state index in [1.807, 2.05) is 0 Å². The Labute approximate surface area is 102 Å². The van der Waals surface area contributed by atoms with E-state index in [0.29, 0.717) is 10.6 Å². The molecule has 1 atom stereocenters. The lowest BCUT2D eigenvalue weighted by Crippen LogP contribution is -2.43. The van der Waals surface area contributed by atoms with E-state index in [9.17, 15) is 9.59 Å². The molecule has 17 heavy (non-hydrogen) atoms. The lowest BCUT2D eigenvalue weighted by Gasteiger charge is -2.12. The molecule has 0 radical (unpaired) electrons. The van der Waals surface area contributed by atoms with Crippen LogP contribution >= 0.6 is 11.3 Å². The van der Waals surface area contributed by atoms with Crippen molar-refractivity contribution in [2.75, 3.05) is 20.8 Å². The molecule has 0 aliphatic carbocycles. The highest BCUT2D eigenvalue weighted by Gasteiger charge is 2.21. The number of rotatable bonds is 5. The molecule has 0 spiro atoms. The third kappa shape index (κ3) is 3.43. The van der Waals surface area contributed by atoms with Crippen molar-refractivity contribution in [1.82, 2.24) is 5.32 Å². The SMILES string of the molecule is COC(=O)C(CO)NC(=O)c1cc(OC)cs1. The minimum atomic E-state index is -1.06. The summed E-state index contributed by atoms with van der Waals surface area (Å²) >= 11 is 1.18. The van der Waals surface area contributed by atoms with E-state index in [4.69, 9.17) is 9.84 Å². The Bertz CT molecular complexity index is 403. The molecule has 94 valence electrons. The van der Waals surface area contributed by atoms with E-state index in [1.54, 1.807) is 11.4 Å². The number of aliphatic hydroxyl groups excluding tert-OH is 1. The molecule has 1 aromatic rings. The summed E-state index contributed by atoms with van der Waals surface area (Å²) in [6.07, 6.45) is 0. The molecule has 0 aliphatic rings. The van der Waals surface area contributed by atoms with E-state index in [2.05, 4.69) is 10.1 Å². The van der Waals surface area contributed by atoms with E-state index in [1.165, 1.54) is 25.6 Å². The van der Waals surface area contributed by atoms with Gasteiger partial charge >= 0.3 is 5.97 Å². The fraction of sp³-hybridized carbons (Fsp3) is 0.400. The number of nitrogens with one attached hydrogen (secondary N) is 1. The Balaban J connectivity index is 2.67. The summed E-state index contributed by atoms with van der Waals surface area (Å²) in [5, 5.41) is 13.0. The van der Waals surface area contributed by atoms with Crippen LogP contribution in [0.4, 0.5) is 0 Å². The zero-order valence-corrected chi connectivity index (χ0v) is 10.2. The van der Waals surface area contributed by atoms with Gasteiger partial charge in [0.05, 0.1) is 25.7 Å². The van der Waals surface area contributed by atoms with Gasteiger partial charge in [-0.1, -0.05) is 0 Å². The number of aliphatic hydroxyl groups is 1. The molecular weight excluding hydrogens is 246 g/mol. The average molecular weight is 259 g/mol. The first-order valence-corrected chi connectivity index (χ1v) is 5.62. The Kier molecular flexibility index (Phi) is 4.92. The van der Waals surface area contributed by atoms with Gasteiger partial charge in [0.25, 0.3) is 5.91 Å². The van der Waals surface area contributed by atoms with Crippen LogP contribution in [0.3, 0.4) is 0 Å². The highest BCUT2D eigenvalue weighted by atomic mass is 32.1. The first-order chi connectivity index (χ1) is 8.12. The molecular formula is C10H13NO5S. The number of hydrogen-bond donors (Lipinski definition) is 2. The molecule has 0 saturated carbocycles. The van der Waals surface area contributed by atoms with Crippen molar-refractivity contribution in [2.45, 2.75) is 6.04 Å².